The SMILES string of the molecule is Cl.N#Cc1cc(C2=NCCN2)cc([N+](=O)[O-])c1. The average Bonchev–Trinajstić information content (AvgIpc) is 2.81. The van der Waals surface area contributed by atoms with E-state index < -0.39 is 4.92 Å². The van der Waals surface area contributed by atoms with Gasteiger partial charge in [0, 0.05) is 24.2 Å². The molecule has 17 heavy (non-hydrogen) atoms. The summed E-state index contributed by atoms with van der Waals surface area (Å²) in [4.78, 5) is 14.3. The molecule has 1 aliphatic heterocycles. The first-order chi connectivity index (χ1) is 7.70. The number of nitrogens with zero attached hydrogens (tertiary/aromatic N) is 3. The van der Waals surface area contributed by atoms with E-state index in [0.717, 1.165) is 6.54 Å². The van der Waals surface area contributed by atoms with Crippen LogP contribution in [0, 0.1) is 21.4 Å². The lowest BCUT2D eigenvalue weighted by atomic mass is 10.1. The number of hydrogen-bond donors (Lipinski definition) is 1. The highest BCUT2D eigenvalue weighted by molar-refractivity contribution is 6.00. The lowest BCUT2D eigenvalue weighted by Gasteiger charge is -2.02. The molecule has 0 atom stereocenters. The van der Waals surface area contributed by atoms with Crippen LogP contribution in [0.1, 0.15) is 11.1 Å². The van der Waals surface area contributed by atoms with Crippen molar-refractivity contribution in [1.82, 2.24) is 5.32 Å². The molecule has 88 valence electrons. The molecule has 0 radical (unpaired) electrons. The van der Waals surface area contributed by atoms with Crippen molar-refractivity contribution in [1.29, 1.82) is 5.26 Å². The first kappa shape index (κ1) is 12.9. The lowest BCUT2D eigenvalue weighted by molar-refractivity contribution is -0.384. The Morgan fingerprint density at radius 1 is 1.47 bits per heavy atom. The Balaban J connectivity index is 0.00000144. The van der Waals surface area contributed by atoms with Crippen LogP contribution < -0.4 is 5.32 Å². The van der Waals surface area contributed by atoms with Crippen LogP contribution in [0.2, 0.25) is 0 Å². The lowest BCUT2D eigenvalue weighted by Crippen LogP contribution is -2.19. The van der Waals surface area contributed by atoms with Crippen LogP contribution in [0.15, 0.2) is 23.2 Å². The molecule has 1 aromatic carbocycles. The van der Waals surface area contributed by atoms with Crippen LogP contribution >= 0.6 is 12.4 Å². The van der Waals surface area contributed by atoms with Crippen molar-refractivity contribution in [3.63, 3.8) is 0 Å². The van der Waals surface area contributed by atoms with Crippen LogP contribution in [-0.2, 0) is 0 Å². The minimum Gasteiger partial charge on any atom is -0.368 e. The van der Waals surface area contributed by atoms with Gasteiger partial charge in [-0.3, -0.25) is 15.1 Å². The van der Waals surface area contributed by atoms with Gasteiger partial charge in [-0.1, -0.05) is 0 Å². The summed E-state index contributed by atoms with van der Waals surface area (Å²) in [7, 11) is 0. The van der Waals surface area contributed by atoms with E-state index in [2.05, 4.69) is 10.3 Å². The molecular formula is C10H9ClN4O2. The molecule has 0 aromatic heterocycles. The number of amidine groups is 1. The van der Waals surface area contributed by atoms with E-state index in [1.807, 2.05) is 6.07 Å². The first-order valence-electron chi connectivity index (χ1n) is 4.69. The summed E-state index contributed by atoms with van der Waals surface area (Å²) in [6.07, 6.45) is 0. The Kier molecular flexibility index (Phi) is 4.01. The van der Waals surface area contributed by atoms with E-state index in [1.165, 1.54) is 12.1 Å². The van der Waals surface area contributed by atoms with Crippen LogP contribution in [0.3, 0.4) is 0 Å². The molecule has 0 spiro atoms. The zero-order valence-corrected chi connectivity index (χ0v) is 9.53. The second-order valence-electron chi connectivity index (χ2n) is 3.29. The molecule has 7 heteroatoms. The fourth-order valence-corrected chi connectivity index (χ4v) is 1.51. The van der Waals surface area contributed by atoms with Crippen LogP contribution in [-0.4, -0.2) is 23.8 Å². The number of rotatable bonds is 2. The Morgan fingerprint density at radius 2 is 2.24 bits per heavy atom. The zero-order chi connectivity index (χ0) is 11.5. The van der Waals surface area contributed by atoms with Gasteiger partial charge in [0.05, 0.1) is 23.1 Å². The van der Waals surface area contributed by atoms with Gasteiger partial charge in [-0.05, 0) is 6.07 Å². The normalized spacial score (nSPS) is 13.0. The van der Waals surface area contributed by atoms with E-state index in [1.54, 1.807) is 6.07 Å². The van der Waals surface area contributed by atoms with E-state index in [9.17, 15) is 10.1 Å². The molecule has 2 rings (SSSR count). The Bertz CT molecular complexity index is 522. The minimum atomic E-state index is -0.514. The maximum atomic E-state index is 10.7. The molecule has 1 aliphatic rings. The Labute approximate surface area is 104 Å². The van der Waals surface area contributed by atoms with Crippen LogP contribution in [0.5, 0.6) is 0 Å². The van der Waals surface area contributed by atoms with E-state index in [4.69, 9.17) is 5.26 Å². The van der Waals surface area contributed by atoms with Gasteiger partial charge in [0.25, 0.3) is 5.69 Å². The Morgan fingerprint density at radius 3 is 2.76 bits per heavy atom. The van der Waals surface area contributed by atoms with Crippen molar-refractivity contribution in [2.75, 3.05) is 13.1 Å². The van der Waals surface area contributed by atoms with E-state index in [0.29, 0.717) is 17.9 Å². The number of halogens is 1. The maximum Gasteiger partial charge on any atom is 0.271 e. The van der Waals surface area contributed by atoms with Crippen molar-refractivity contribution in [2.45, 2.75) is 0 Å². The molecule has 0 saturated heterocycles. The van der Waals surface area contributed by atoms with Gasteiger partial charge in [0.2, 0.25) is 0 Å². The number of nitriles is 1. The highest BCUT2D eigenvalue weighted by atomic mass is 35.5. The van der Waals surface area contributed by atoms with Gasteiger partial charge in [-0.2, -0.15) is 5.26 Å². The third kappa shape index (κ3) is 2.71. The predicted octanol–water partition coefficient (Wildman–Crippen LogP) is 1.24. The molecular weight excluding hydrogens is 244 g/mol. The number of non-ortho nitro benzene ring substituents is 1. The number of nitrogens with one attached hydrogen (secondary N) is 1. The summed E-state index contributed by atoms with van der Waals surface area (Å²) in [5, 5.41) is 22.5. The maximum absolute atomic E-state index is 10.7. The average molecular weight is 253 g/mol. The molecule has 6 nitrogen and oxygen atoms in total. The van der Waals surface area contributed by atoms with Gasteiger partial charge >= 0.3 is 0 Å². The second kappa shape index (κ2) is 5.27. The largest absolute Gasteiger partial charge is 0.368 e. The minimum absolute atomic E-state index is 0. The standard InChI is InChI=1S/C10H8N4O2.ClH/c11-6-7-3-8(10-12-1-2-13-10)5-9(4-7)14(15)16;/h3-5H,1-2H2,(H,12,13);1H. The van der Waals surface area contributed by atoms with Crippen molar-refractivity contribution >= 4 is 23.9 Å². The third-order valence-electron chi connectivity index (χ3n) is 2.21. The highest BCUT2D eigenvalue weighted by Crippen LogP contribution is 2.17. The second-order valence-corrected chi connectivity index (χ2v) is 3.29. The van der Waals surface area contributed by atoms with Gasteiger partial charge in [-0.25, -0.2) is 0 Å². The van der Waals surface area contributed by atoms with E-state index >= 15 is 0 Å². The first-order valence-corrected chi connectivity index (χ1v) is 4.69. The fraction of sp³-hybridized carbons (Fsp3) is 0.200. The van der Waals surface area contributed by atoms with Crippen molar-refractivity contribution in [3.8, 4) is 6.07 Å². The number of hydrogen-bond acceptors (Lipinski definition) is 5. The monoisotopic (exact) mass is 252 g/mol. The number of nitro benzene ring substituents is 1. The van der Waals surface area contributed by atoms with Crippen molar-refractivity contribution < 1.29 is 4.92 Å². The zero-order valence-electron chi connectivity index (χ0n) is 8.71. The molecule has 0 amide bonds. The molecule has 1 N–H and O–H groups in total. The number of aliphatic imine (C=N–C) groups is 1. The van der Waals surface area contributed by atoms with Gasteiger partial charge < -0.3 is 5.32 Å². The van der Waals surface area contributed by atoms with Gasteiger partial charge in [-0.15, -0.1) is 12.4 Å². The Hall–Kier alpha value is -2.13. The quantitative estimate of drug-likeness (QED) is 0.633. The van der Waals surface area contributed by atoms with Gasteiger partial charge in [0.1, 0.15) is 5.84 Å². The predicted molar refractivity (Wildman–Crippen MR) is 64.5 cm³/mol. The summed E-state index contributed by atoms with van der Waals surface area (Å²) in [5.74, 6) is 0.611. The number of benzene rings is 1. The van der Waals surface area contributed by atoms with Crippen molar-refractivity contribution in [3.05, 3.63) is 39.4 Å². The molecule has 0 aliphatic carbocycles. The molecule has 0 saturated carbocycles. The van der Waals surface area contributed by atoms with E-state index in [-0.39, 0.29) is 23.7 Å². The topological polar surface area (TPSA) is 91.3 Å². The molecule has 0 unspecified atom stereocenters. The summed E-state index contributed by atoms with van der Waals surface area (Å²) >= 11 is 0. The summed E-state index contributed by atoms with van der Waals surface area (Å²) in [6.45, 7) is 1.37. The molecule has 1 aromatic rings. The smallest absolute Gasteiger partial charge is 0.271 e. The third-order valence-corrected chi connectivity index (χ3v) is 2.21. The molecule has 0 bridgehead atoms. The summed E-state index contributed by atoms with van der Waals surface area (Å²) in [6, 6.07) is 6.15. The molecule has 0 fully saturated rings. The fourth-order valence-electron chi connectivity index (χ4n) is 1.51. The van der Waals surface area contributed by atoms with Crippen molar-refractivity contribution in [2.24, 2.45) is 4.99 Å². The van der Waals surface area contributed by atoms with Crippen LogP contribution in [0.4, 0.5) is 5.69 Å². The number of nitro groups is 1. The highest BCUT2D eigenvalue weighted by Gasteiger charge is 2.14. The van der Waals surface area contributed by atoms with Gasteiger partial charge in [0.15, 0.2) is 0 Å². The summed E-state index contributed by atoms with van der Waals surface area (Å²) in [5.41, 5.74) is 0.759. The summed E-state index contributed by atoms with van der Waals surface area (Å²) < 4.78 is 0. The molecule has 1 heterocycles. The van der Waals surface area contributed by atoms with Crippen LogP contribution in [0.25, 0.3) is 0 Å².